The summed E-state index contributed by atoms with van der Waals surface area (Å²) in [5, 5.41) is 12.0. The molecule has 0 aliphatic carbocycles. The standard InChI is InChI=1S/CH5N3O.H2O2/c2-1(5)4-3;1-2/h3H2,(H3,2,4,5);1-2H. The van der Waals surface area contributed by atoms with E-state index in [1.54, 1.807) is 5.43 Å². The highest BCUT2D eigenvalue weighted by Crippen LogP contribution is 1.34. The summed E-state index contributed by atoms with van der Waals surface area (Å²) >= 11 is 0. The zero-order chi connectivity index (χ0) is 6.28. The first kappa shape index (κ1) is 9.47. The van der Waals surface area contributed by atoms with Crippen LogP contribution in [0.25, 0.3) is 0 Å². The lowest BCUT2D eigenvalue weighted by Gasteiger charge is -1.81. The third kappa shape index (κ3) is 38.6. The number of rotatable bonds is 0. The summed E-state index contributed by atoms with van der Waals surface area (Å²) in [6.07, 6.45) is 0. The van der Waals surface area contributed by atoms with Crippen molar-refractivity contribution in [2.45, 2.75) is 0 Å². The van der Waals surface area contributed by atoms with E-state index in [1.165, 1.54) is 0 Å². The minimum Gasteiger partial charge on any atom is -0.351 e. The van der Waals surface area contributed by atoms with Crippen molar-refractivity contribution in [1.29, 1.82) is 0 Å². The first-order valence-electron chi connectivity index (χ1n) is 1.23. The average Bonchev–Trinajstić information content (AvgIpc) is 1.73. The molecular weight excluding hydrogens is 102 g/mol. The molecule has 0 aliphatic rings. The number of primary amides is 1. The molecule has 0 fully saturated rings. The Morgan fingerprint density at radius 1 is 1.57 bits per heavy atom. The molecule has 0 aromatic rings. The van der Waals surface area contributed by atoms with Crippen LogP contribution in [0, 0.1) is 0 Å². The zero-order valence-corrected chi connectivity index (χ0v) is 3.46. The van der Waals surface area contributed by atoms with Gasteiger partial charge in [-0.25, -0.2) is 10.6 Å². The zero-order valence-electron chi connectivity index (χ0n) is 3.46. The molecule has 0 rings (SSSR count). The normalized spacial score (nSPS) is 5.57. The maximum absolute atomic E-state index is 9.35. The van der Waals surface area contributed by atoms with Crippen molar-refractivity contribution < 1.29 is 15.3 Å². The molecule has 0 unspecified atom stereocenters. The highest BCUT2D eigenvalue weighted by molar-refractivity contribution is 5.70. The van der Waals surface area contributed by atoms with Gasteiger partial charge < -0.3 is 5.73 Å². The number of hydrogen-bond acceptors (Lipinski definition) is 4. The molecule has 0 aromatic heterocycles. The molecule has 6 heteroatoms. The Morgan fingerprint density at radius 3 is 1.71 bits per heavy atom. The van der Waals surface area contributed by atoms with Gasteiger partial charge in [0.15, 0.2) is 0 Å². The van der Waals surface area contributed by atoms with E-state index >= 15 is 0 Å². The van der Waals surface area contributed by atoms with Crippen molar-refractivity contribution in [2.24, 2.45) is 11.6 Å². The van der Waals surface area contributed by atoms with Gasteiger partial charge in [-0.05, 0) is 0 Å². The van der Waals surface area contributed by atoms with Crippen LogP contribution in [-0.4, -0.2) is 16.5 Å². The molecule has 0 saturated heterocycles. The fourth-order valence-electron chi connectivity index (χ4n) is 0. The van der Waals surface area contributed by atoms with Crippen LogP contribution in [0.5, 0.6) is 0 Å². The number of nitrogens with one attached hydrogen (secondary N) is 1. The van der Waals surface area contributed by atoms with Crippen LogP contribution in [-0.2, 0) is 0 Å². The Kier molecular flexibility index (Phi) is 12.1. The number of carbonyl (C=O) groups excluding carboxylic acids is 1. The molecule has 0 spiro atoms. The van der Waals surface area contributed by atoms with E-state index < -0.39 is 6.03 Å². The van der Waals surface area contributed by atoms with Crippen molar-refractivity contribution in [2.75, 3.05) is 0 Å². The fraction of sp³-hybridized carbons (Fsp3) is 0. The molecule has 44 valence electrons. The first-order chi connectivity index (χ1) is 3.27. The van der Waals surface area contributed by atoms with Gasteiger partial charge in [-0.3, -0.25) is 15.9 Å². The first-order valence-corrected chi connectivity index (χ1v) is 1.23. The van der Waals surface area contributed by atoms with E-state index in [2.05, 4.69) is 11.6 Å². The second kappa shape index (κ2) is 8.94. The molecule has 0 aromatic carbocycles. The SMILES string of the molecule is NNC(N)=O.OO. The van der Waals surface area contributed by atoms with Gasteiger partial charge in [-0.15, -0.1) is 0 Å². The van der Waals surface area contributed by atoms with E-state index in [1.807, 2.05) is 0 Å². The summed E-state index contributed by atoms with van der Waals surface area (Å²) in [5.74, 6) is 4.45. The Hall–Kier alpha value is -0.850. The molecule has 0 atom stereocenters. The van der Waals surface area contributed by atoms with Gasteiger partial charge in [-0.1, -0.05) is 0 Å². The van der Waals surface area contributed by atoms with Gasteiger partial charge in [-0.2, -0.15) is 0 Å². The highest BCUT2D eigenvalue weighted by Gasteiger charge is 1.73. The van der Waals surface area contributed by atoms with Crippen molar-refractivity contribution in [3.63, 3.8) is 0 Å². The third-order valence-electron chi connectivity index (χ3n) is 0.142. The minimum absolute atomic E-state index is 0.718. The summed E-state index contributed by atoms with van der Waals surface area (Å²) in [6, 6.07) is -0.718. The Morgan fingerprint density at radius 2 is 1.71 bits per heavy atom. The number of amides is 2. The maximum Gasteiger partial charge on any atom is 0.326 e. The van der Waals surface area contributed by atoms with Crippen LogP contribution >= 0.6 is 0 Å². The van der Waals surface area contributed by atoms with Crippen LogP contribution in [0.15, 0.2) is 0 Å². The average molecular weight is 109 g/mol. The fourth-order valence-corrected chi connectivity index (χ4v) is 0. The van der Waals surface area contributed by atoms with Gasteiger partial charge in [0.2, 0.25) is 0 Å². The predicted octanol–water partition coefficient (Wildman–Crippen LogP) is -1.45. The monoisotopic (exact) mass is 109 g/mol. The summed E-state index contributed by atoms with van der Waals surface area (Å²) in [4.78, 5) is 9.35. The van der Waals surface area contributed by atoms with Crippen molar-refractivity contribution in [1.82, 2.24) is 5.43 Å². The maximum atomic E-state index is 9.35. The predicted molar refractivity (Wildman–Crippen MR) is 22.2 cm³/mol. The van der Waals surface area contributed by atoms with Gasteiger partial charge in [0.05, 0.1) is 0 Å². The Labute approximate surface area is 39.6 Å². The summed E-state index contributed by atoms with van der Waals surface area (Å²) in [5.41, 5.74) is 6.08. The van der Waals surface area contributed by atoms with Gasteiger partial charge in [0, 0.05) is 0 Å². The number of urea groups is 1. The van der Waals surface area contributed by atoms with Crippen LogP contribution in [0.4, 0.5) is 4.79 Å². The summed E-state index contributed by atoms with van der Waals surface area (Å²) in [7, 11) is 0. The van der Waals surface area contributed by atoms with E-state index in [0.29, 0.717) is 0 Å². The van der Waals surface area contributed by atoms with E-state index in [4.69, 9.17) is 10.5 Å². The Bertz CT molecular complexity index is 45.4. The smallest absolute Gasteiger partial charge is 0.326 e. The molecule has 7 heavy (non-hydrogen) atoms. The third-order valence-corrected chi connectivity index (χ3v) is 0.142. The van der Waals surface area contributed by atoms with Crippen LogP contribution in [0.1, 0.15) is 0 Å². The number of hydrogen-bond donors (Lipinski definition) is 5. The molecule has 0 heterocycles. The second-order valence-corrected chi connectivity index (χ2v) is 0.509. The summed E-state index contributed by atoms with van der Waals surface area (Å²) in [6.45, 7) is 0. The van der Waals surface area contributed by atoms with Gasteiger partial charge in [0.25, 0.3) is 0 Å². The topological polar surface area (TPSA) is 122 Å². The molecule has 6 nitrogen and oxygen atoms in total. The molecule has 0 saturated carbocycles. The quantitative estimate of drug-likeness (QED) is 0.113. The number of carbonyl (C=O) groups is 1. The van der Waals surface area contributed by atoms with Gasteiger partial charge >= 0.3 is 6.03 Å². The minimum atomic E-state index is -0.718. The summed E-state index contributed by atoms with van der Waals surface area (Å²) < 4.78 is 0. The lowest BCUT2D eigenvalue weighted by atomic mass is 11.2. The molecule has 0 aliphatic heterocycles. The molecular formula is CH7N3O3. The van der Waals surface area contributed by atoms with Crippen molar-refractivity contribution in [3.05, 3.63) is 0 Å². The molecule has 0 bridgehead atoms. The molecule has 2 amide bonds. The molecule has 0 radical (unpaired) electrons. The van der Waals surface area contributed by atoms with Crippen LogP contribution in [0.2, 0.25) is 0 Å². The van der Waals surface area contributed by atoms with Crippen molar-refractivity contribution in [3.8, 4) is 0 Å². The molecule has 7 N–H and O–H groups in total. The van der Waals surface area contributed by atoms with E-state index in [0.717, 1.165) is 0 Å². The lowest BCUT2D eigenvalue weighted by molar-refractivity contribution is -0.176. The highest BCUT2D eigenvalue weighted by atomic mass is 17.0. The second-order valence-electron chi connectivity index (χ2n) is 0.509. The van der Waals surface area contributed by atoms with Crippen molar-refractivity contribution >= 4 is 6.03 Å². The van der Waals surface area contributed by atoms with Crippen LogP contribution < -0.4 is 17.0 Å². The van der Waals surface area contributed by atoms with Gasteiger partial charge in [0.1, 0.15) is 0 Å². The largest absolute Gasteiger partial charge is 0.351 e. The van der Waals surface area contributed by atoms with Crippen LogP contribution in [0.3, 0.4) is 0 Å². The number of nitrogens with two attached hydrogens (primary N) is 2. The van der Waals surface area contributed by atoms with E-state index in [9.17, 15) is 4.79 Å². The lowest BCUT2D eigenvalue weighted by Crippen LogP contribution is -2.34. The number of hydrazine groups is 1. The van der Waals surface area contributed by atoms with E-state index in [-0.39, 0.29) is 0 Å². The Balaban J connectivity index is 0.